The van der Waals surface area contributed by atoms with Gasteiger partial charge in [-0.1, -0.05) is 54.6 Å². The Labute approximate surface area is 415 Å². The van der Waals surface area contributed by atoms with Crippen LogP contribution in [0.25, 0.3) is 10.8 Å². The molecule has 0 bridgehead atoms. The van der Waals surface area contributed by atoms with Gasteiger partial charge in [0.2, 0.25) is 36.8 Å². The van der Waals surface area contributed by atoms with Crippen molar-refractivity contribution in [2.24, 2.45) is 77.3 Å². The van der Waals surface area contributed by atoms with Crippen LogP contribution in [0.2, 0.25) is 0 Å². The van der Waals surface area contributed by atoms with Crippen LogP contribution in [0.4, 0.5) is 5.69 Å². The van der Waals surface area contributed by atoms with Gasteiger partial charge in [-0.2, -0.15) is 0 Å². The maximum Gasteiger partial charge on any atom is 0.323 e. The number of carboxylic acid groups (broad SMARTS) is 2. The summed E-state index contributed by atoms with van der Waals surface area (Å²) < 4.78 is 0. The number of nitrogens with one attached hydrogen (secondary N) is 7. The Morgan fingerprint density at radius 2 is 0.865 bits per heavy atom. The molecule has 74 heavy (non-hydrogen) atoms. The fourth-order valence-corrected chi connectivity index (χ4v) is 6.04. The van der Waals surface area contributed by atoms with Crippen LogP contribution in [0.3, 0.4) is 0 Å². The Morgan fingerprint density at radius 3 is 1.26 bits per heavy atom. The van der Waals surface area contributed by atoms with Crippen LogP contribution in [-0.4, -0.2) is 149 Å². The number of carboxylic acids is 2. The summed E-state index contributed by atoms with van der Waals surface area (Å²) >= 11 is 0. The molecule has 3 rings (SSSR count). The van der Waals surface area contributed by atoms with Crippen molar-refractivity contribution in [1.82, 2.24) is 37.2 Å². The zero-order chi connectivity index (χ0) is 55.6. The number of primary amides is 1. The molecular weight excluding hydrogens is 985 g/mol. The Hall–Kier alpha value is -10.6. The number of benzene rings is 3. The van der Waals surface area contributed by atoms with Gasteiger partial charge >= 0.3 is 11.9 Å². The van der Waals surface area contributed by atoms with Gasteiger partial charge in [-0.05, 0) is 28.5 Å². The zero-order valence-corrected chi connectivity index (χ0v) is 38.2. The Kier molecular flexibility index (Phi) is 20.6. The number of guanidine groups is 4. The highest BCUT2D eigenvalue weighted by atomic mass is 16.4. The average Bonchev–Trinajstić information content (AvgIpc) is 3.30. The summed E-state index contributed by atoms with van der Waals surface area (Å²) in [6, 6.07) is 14.1. The second kappa shape index (κ2) is 26.4. The fourth-order valence-electron chi connectivity index (χ4n) is 6.04. The van der Waals surface area contributed by atoms with Gasteiger partial charge in [-0.25, -0.2) is 20.0 Å². The summed E-state index contributed by atoms with van der Waals surface area (Å²) in [4.78, 5) is 145. The highest BCUT2D eigenvalue weighted by Crippen LogP contribution is 2.28. The number of rotatable bonds is 25. The van der Waals surface area contributed by atoms with Crippen molar-refractivity contribution in [3.8, 4) is 0 Å². The third kappa shape index (κ3) is 17.7. The average molecular weight is 1040 g/mol. The minimum atomic E-state index is -2.48. The molecular formula is C39H52N22O13. The first-order valence-electron chi connectivity index (χ1n) is 20.6. The van der Waals surface area contributed by atoms with E-state index >= 15 is 0 Å². The standard InChI is InChI=1S/C39H52N22O13/c40-22(23(41)66)51-30(69)24(56-36(42)43)53-32(71)26(58-38(46)47)55-33(72)27(59-39(48)49)54-31(70)25(57-37(44)45)52-29(68)21(14-6-2-1-3-7-14)50-34(73)35(74)60-28(67)17-10-15-8-4-5-9-16(15)11-18(17)61(12-19(62)63)13-20(64)65/h1-11,21-22,24-27,35,74H,12-13,40H2,(H2,41,66)(H,50,73)(H,51,69)(H,52,68)(H,53,71)(H,54,70)(H,55,72)(H,60,67)(H,62,63)(H,64,65)(H4,42,43,56)(H4,44,45,57)(H4,46,47,58)(H4,48,49,59). The number of nitrogens with zero attached hydrogens (tertiary/aromatic N) is 5. The SMILES string of the molecule is NC(=O)C(N)NC(=O)C(N=C(N)N)NC(=O)C(N=C(N)N)NC(=O)C(N=C(N)N)NC(=O)C(N=C(N)N)NC(=O)C(NC(=O)C(O)NC(=O)c1cc2ccccc2cc1N(CC(=O)O)CC(=O)O)c1ccccc1. The number of nitrogens with two attached hydrogens (primary N) is 10. The fraction of sp³-hybridized carbons (Fsp3) is 0.231. The van der Waals surface area contributed by atoms with Crippen LogP contribution in [0, 0.1) is 0 Å². The van der Waals surface area contributed by atoms with Crippen molar-refractivity contribution in [3.05, 3.63) is 77.9 Å². The third-order valence-electron chi connectivity index (χ3n) is 9.13. The highest BCUT2D eigenvalue weighted by Gasteiger charge is 2.35. The number of aliphatic hydroxyl groups is 1. The first-order valence-corrected chi connectivity index (χ1v) is 20.6. The van der Waals surface area contributed by atoms with E-state index in [0.29, 0.717) is 10.8 Å². The van der Waals surface area contributed by atoms with E-state index in [1.54, 1.807) is 24.3 Å². The van der Waals surface area contributed by atoms with Crippen LogP contribution in [0.5, 0.6) is 0 Å². The molecule has 396 valence electrons. The molecule has 0 aliphatic heterocycles. The van der Waals surface area contributed by atoms with Crippen LogP contribution >= 0.6 is 0 Å². The molecule has 0 aromatic heterocycles. The van der Waals surface area contributed by atoms with E-state index in [1.165, 1.54) is 42.5 Å². The van der Waals surface area contributed by atoms with E-state index in [-0.39, 0.29) is 16.8 Å². The van der Waals surface area contributed by atoms with Crippen LogP contribution in [-0.2, 0) is 43.2 Å². The number of aliphatic hydroxyl groups excluding tert-OH is 1. The molecule has 0 fully saturated rings. The second-order valence-corrected chi connectivity index (χ2v) is 14.8. The van der Waals surface area contributed by atoms with Gasteiger partial charge in [0, 0.05) is 0 Å². The summed E-state index contributed by atoms with van der Waals surface area (Å²) in [6.45, 7) is -1.77. The van der Waals surface area contributed by atoms with E-state index in [4.69, 9.17) is 57.3 Å². The molecule has 35 nitrogen and oxygen atoms in total. The molecule has 0 saturated heterocycles. The van der Waals surface area contributed by atoms with Crippen LogP contribution in [0.1, 0.15) is 22.0 Å². The van der Waals surface area contributed by atoms with Crippen molar-refractivity contribution < 1.29 is 63.3 Å². The normalized spacial score (nSPS) is 13.3. The lowest BCUT2D eigenvalue weighted by Crippen LogP contribution is -2.60. The first kappa shape index (κ1) is 57.7. The summed E-state index contributed by atoms with van der Waals surface area (Å²) in [5, 5.41) is 45.1. The number of hydrogen-bond acceptors (Lipinski definition) is 17. The number of fused-ring (bicyclic) bond motifs is 1. The minimum absolute atomic E-state index is 0.0207. The zero-order valence-electron chi connectivity index (χ0n) is 38.2. The van der Waals surface area contributed by atoms with E-state index in [9.17, 15) is 63.3 Å². The monoisotopic (exact) mass is 1040 g/mol. The van der Waals surface area contributed by atoms with E-state index in [2.05, 4.69) is 30.6 Å². The minimum Gasteiger partial charge on any atom is -0.480 e. The smallest absolute Gasteiger partial charge is 0.323 e. The number of anilines is 1. The van der Waals surface area contributed by atoms with Gasteiger partial charge in [-0.15, -0.1) is 0 Å². The molecule has 35 heteroatoms. The van der Waals surface area contributed by atoms with E-state index in [0.717, 1.165) is 4.90 Å². The lowest BCUT2D eigenvalue weighted by Gasteiger charge is -2.25. The molecule has 0 radical (unpaired) electrons. The second-order valence-electron chi connectivity index (χ2n) is 14.8. The predicted octanol–water partition coefficient (Wildman–Crippen LogP) is -10.5. The topological polar surface area (TPSA) is 628 Å². The summed E-state index contributed by atoms with van der Waals surface area (Å²) in [5.41, 5.74) is 53.5. The number of hydrogen-bond donors (Lipinski definition) is 20. The van der Waals surface area contributed by atoms with Gasteiger partial charge in [0.15, 0.2) is 30.0 Å². The first-order chi connectivity index (χ1) is 34.7. The number of aliphatic carboxylic acids is 2. The number of carbonyl (C=O) groups is 10. The summed E-state index contributed by atoms with van der Waals surface area (Å²) in [5.74, 6) is -17.2. The molecule has 0 aliphatic carbocycles. The lowest BCUT2D eigenvalue weighted by atomic mass is 10.0. The Bertz CT molecular complexity index is 2740. The molecule has 0 aliphatic rings. The molecule has 30 N–H and O–H groups in total. The van der Waals surface area contributed by atoms with Crippen LogP contribution < -0.4 is 99.5 Å². The molecule has 8 amide bonds. The molecule has 3 aromatic carbocycles. The maximum atomic E-state index is 14.0. The van der Waals surface area contributed by atoms with E-state index < -0.39 is 139 Å². The van der Waals surface area contributed by atoms with Gasteiger partial charge < -0.3 is 115 Å². The molecule has 0 heterocycles. The van der Waals surface area contributed by atoms with Crippen molar-refractivity contribution in [2.45, 2.75) is 43.1 Å². The van der Waals surface area contributed by atoms with Crippen molar-refractivity contribution in [3.63, 3.8) is 0 Å². The van der Waals surface area contributed by atoms with Gasteiger partial charge in [0.05, 0.1) is 11.3 Å². The van der Waals surface area contributed by atoms with E-state index in [1.807, 2.05) is 26.6 Å². The third-order valence-corrected chi connectivity index (χ3v) is 9.13. The van der Waals surface area contributed by atoms with Gasteiger partial charge in [-0.3, -0.25) is 47.9 Å². The molecule has 0 spiro atoms. The Balaban J connectivity index is 1.93. The van der Waals surface area contributed by atoms with Gasteiger partial charge in [0.25, 0.3) is 41.4 Å². The highest BCUT2D eigenvalue weighted by molar-refractivity contribution is 6.07. The molecule has 3 aromatic rings. The molecule has 7 unspecified atom stereocenters. The number of amides is 8. The number of aliphatic imine (C=N–C) groups is 4. The summed E-state index contributed by atoms with van der Waals surface area (Å²) in [6.07, 6.45) is -13.1. The van der Waals surface area contributed by atoms with Crippen LogP contribution in [0.15, 0.2) is 86.7 Å². The molecule has 0 saturated carbocycles. The predicted molar refractivity (Wildman–Crippen MR) is 259 cm³/mol. The summed E-state index contributed by atoms with van der Waals surface area (Å²) in [7, 11) is 0. The Morgan fingerprint density at radius 1 is 0.486 bits per heavy atom. The largest absolute Gasteiger partial charge is 0.480 e. The van der Waals surface area contributed by atoms with Crippen molar-refractivity contribution in [2.75, 3.05) is 18.0 Å². The molecule has 7 atom stereocenters. The lowest BCUT2D eigenvalue weighted by molar-refractivity contribution is -0.136. The van der Waals surface area contributed by atoms with Crippen molar-refractivity contribution >= 4 is 99.5 Å². The maximum absolute atomic E-state index is 14.0. The van der Waals surface area contributed by atoms with Gasteiger partial charge in [0.1, 0.15) is 19.1 Å². The number of carbonyl (C=O) groups excluding carboxylic acids is 8. The van der Waals surface area contributed by atoms with Crippen molar-refractivity contribution in [1.29, 1.82) is 0 Å². The quantitative estimate of drug-likeness (QED) is 0.0213.